The standard InChI is InChI=1S/C21H23N3O2S/c1-3-4-13-26-19-9-5-16(6-10-19)14-22-24-21-23-20(15-27-21)17-7-11-18(25-2)12-8-17/h5-12,14-15H,3-4,13H2,1-2H3,(H,23,24)/b22-14-. The third-order valence-electron chi connectivity index (χ3n) is 3.91. The number of rotatable bonds is 9. The van der Waals surface area contributed by atoms with E-state index in [4.69, 9.17) is 9.47 Å². The predicted octanol–water partition coefficient (Wildman–Crippen LogP) is 5.44. The highest BCUT2D eigenvalue weighted by molar-refractivity contribution is 7.14. The van der Waals surface area contributed by atoms with E-state index in [0.29, 0.717) is 0 Å². The van der Waals surface area contributed by atoms with Crippen LogP contribution >= 0.6 is 11.3 Å². The Morgan fingerprint density at radius 1 is 1.07 bits per heavy atom. The summed E-state index contributed by atoms with van der Waals surface area (Å²) < 4.78 is 10.8. The first kappa shape index (κ1) is 18.9. The molecule has 0 atom stereocenters. The number of hydrazone groups is 1. The van der Waals surface area contributed by atoms with Crippen LogP contribution in [0.15, 0.2) is 59.0 Å². The predicted molar refractivity (Wildman–Crippen MR) is 112 cm³/mol. The zero-order valence-corrected chi connectivity index (χ0v) is 16.3. The summed E-state index contributed by atoms with van der Waals surface area (Å²) in [5.74, 6) is 1.72. The van der Waals surface area contributed by atoms with Crippen LogP contribution in [-0.4, -0.2) is 24.9 Å². The average molecular weight is 382 g/mol. The van der Waals surface area contributed by atoms with Gasteiger partial charge in [0, 0.05) is 10.9 Å². The van der Waals surface area contributed by atoms with Crippen molar-refractivity contribution >= 4 is 22.7 Å². The van der Waals surface area contributed by atoms with Crippen LogP contribution in [0.5, 0.6) is 11.5 Å². The maximum Gasteiger partial charge on any atom is 0.203 e. The summed E-state index contributed by atoms with van der Waals surface area (Å²) in [4.78, 5) is 4.56. The fraction of sp³-hybridized carbons (Fsp3) is 0.238. The molecule has 0 aliphatic heterocycles. The molecule has 6 heteroatoms. The van der Waals surface area contributed by atoms with Crippen molar-refractivity contribution in [3.8, 4) is 22.8 Å². The van der Waals surface area contributed by atoms with Crippen LogP contribution in [0.3, 0.4) is 0 Å². The Balaban J connectivity index is 1.54. The number of thiazole rings is 1. The fourth-order valence-electron chi connectivity index (χ4n) is 2.37. The van der Waals surface area contributed by atoms with E-state index >= 15 is 0 Å². The van der Waals surface area contributed by atoms with Crippen LogP contribution in [0, 0.1) is 0 Å². The number of benzene rings is 2. The van der Waals surface area contributed by atoms with Gasteiger partial charge in [0.1, 0.15) is 11.5 Å². The third-order valence-corrected chi connectivity index (χ3v) is 4.66. The summed E-state index contributed by atoms with van der Waals surface area (Å²) in [5.41, 5.74) is 5.94. The Morgan fingerprint density at radius 3 is 2.52 bits per heavy atom. The molecule has 0 saturated carbocycles. The maximum atomic E-state index is 5.66. The minimum Gasteiger partial charge on any atom is -0.497 e. The molecule has 0 amide bonds. The van der Waals surface area contributed by atoms with E-state index in [1.54, 1.807) is 13.3 Å². The molecule has 2 aromatic carbocycles. The highest BCUT2D eigenvalue weighted by Gasteiger charge is 2.04. The molecule has 0 aliphatic carbocycles. The first-order chi connectivity index (χ1) is 13.3. The fourth-order valence-corrected chi connectivity index (χ4v) is 3.03. The molecule has 0 radical (unpaired) electrons. The van der Waals surface area contributed by atoms with Crippen LogP contribution in [0.25, 0.3) is 11.3 Å². The van der Waals surface area contributed by atoms with Crippen molar-refractivity contribution in [1.82, 2.24) is 4.98 Å². The lowest BCUT2D eigenvalue weighted by Gasteiger charge is -2.04. The molecule has 1 N–H and O–H groups in total. The Labute approximate surface area is 163 Å². The monoisotopic (exact) mass is 381 g/mol. The molecule has 0 unspecified atom stereocenters. The van der Waals surface area contributed by atoms with Gasteiger partial charge in [-0.25, -0.2) is 4.98 Å². The van der Waals surface area contributed by atoms with Gasteiger partial charge in [-0.2, -0.15) is 5.10 Å². The second-order valence-corrected chi connectivity index (χ2v) is 6.77. The van der Waals surface area contributed by atoms with E-state index in [1.807, 2.05) is 53.9 Å². The molecule has 27 heavy (non-hydrogen) atoms. The Kier molecular flexibility index (Phi) is 6.82. The lowest BCUT2D eigenvalue weighted by molar-refractivity contribution is 0.309. The summed E-state index contributed by atoms with van der Waals surface area (Å²) >= 11 is 1.52. The van der Waals surface area contributed by atoms with Crippen LogP contribution < -0.4 is 14.9 Å². The van der Waals surface area contributed by atoms with Crippen molar-refractivity contribution in [2.24, 2.45) is 5.10 Å². The molecule has 3 rings (SSSR count). The van der Waals surface area contributed by atoms with E-state index in [2.05, 4.69) is 22.4 Å². The maximum absolute atomic E-state index is 5.66. The van der Waals surface area contributed by atoms with Gasteiger partial charge in [-0.15, -0.1) is 11.3 Å². The Bertz CT molecular complexity index is 858. The summed E-state index contributed by atoms with van der Waals surface area (Å²) in [6.07, 6.45) is 3.97. The molecule has 3 aromatic rings. The molecule has 1 aromatic heterocycles. The minimum absolute atomic E-state index is 0.747. The van der Waals surface area contributed by atoms with E-state index in [1.165, 1.54) is 11.3 Å². The molecular formula is C21H23N3O2S. The van der Waals surface area contributed by atoms with Crippen LogP contribution in [0.2, 0.25) is 0 Å². The Morgan fingerprint density at radius 2 is 1.81 bits per heavy atom. The Hall–Kier alpha value is -2.86. The number of anilines is 1. The zero-order valence-electron chi connectivity index (χ0n) is 15.5. The molecule has 5 nitrogen and oxygen atoms in total. The number of ether oxygens (including phenoxy) is 2. The van der Waals surface area contributed by atoms with Gasteiger partial charge in [-0.05, 0) is 60.5 Å². The van der Waals surface area contributed by atoms with Crippen LogP contribution in [0.1, 0.15) is 25.3 Å². The number of aromatic nitrogens is 1. The molecule has 140 valence electrons. The van der Waals surface area contributed by atoms with Crippen molar-refractivity contribution in [3.63, 3.8) is 0 Å². The molecular weight excluding hydrogens is 358 g/mol. The van der Waals surface area contributed by atoms with E-state index in [0.717, 1.165) is 52.9 Å². The second kappa shape index (κ2) is 9.73. The normalized spacial score (nSPS) is 10.9. The first-order valence-electron chi connectivity index (χ1n) is 8.90. The van der Waals surface area contributed by atoms with E-state index < -0.39 is 0 Å². The number of nitrogens with one attached hydrogen (secondary N) is 1. The first-order valence-corrected chi connectivity index (χ1v) is 9.78. The van der Waals surface area contributed by atoms with Gasteiger partial charge in [0.25, 0.3) is 0 Å². The van der Waals surface area contributed by atoms with Crippen molar-refractivity contribution in [2.45, 2.75) is 19.8 Å². The molecule has 0 fully saturated rings. The lowest BCUT2D eigenvalue weighted by atomic mass is 10.2. The van der Waals surface area contributed by atoms with Gasteiger partial charge < -0.3 is 9.47 Å². The van der Waals surface area contributed by atoms with Crippen molar-refractivity contribution in [1.29, 1.82) is 0 Å². The number of unbranched alkanes of at least 4 members (excludes halogenated alkanes) is 1. The summed E-state index contributed by atoms with van der Waals surface area (Å²) in [6, 6.07) is 15.7. The zero-order chi connectivity index (χ0) is 18.9. The van der Waals surface area contributed by atoms with Crippen molar-refractivity contribution in [3.05, 3.63) is 59.5 Å². The van der Waals surface area contributed by atoms with Crippen molar-refractivity contribution < 1.29 is 9.47 Å². The van der Waals surface area contributed by atoms with Crippen molar-refractivity contribution in [2.75, 3.05) is 19.1 Å². The topological polar surface area (TPSA) is 55.7 Å². The van der Waals surface area contributed by atoms with Gasteiger partial charge in [-0.3, -0.25) is 5.43 Å². The summed E-state index contributed by atoms with van der Waals surface area (Å²) in [5, 5.41) is 7.01. The third kappa shape index (κ3) is 5.56. The van der Waals surface area contributed by atoms with Crippen LogP contribution in [-0.2, 0) is 0 Å². The van der Waals surface area contributed by atoms with Gasteiger partial charge in [-0.1, -0.05) is 13.3 Å². The highest BCUT2D eigenvalue weighted by Crippen LogP contribution is 2.26. The number of methoxy groups -OCH3 is 1. The highest BCUT2D eigenvalue weighted by atomic mass is 32.1. The van der Waals surface area contributed by atoms with Gasteiger partial charge >= 0.3 is 0 Å². The molecule has 0 spiro atoms. The lowest BCUT2D eigenvalue weighted by Crippen LogP contribution is -1.96. The van der Waals surface area contributed by atoms with Gasteiger partial charge in [0.05, 0.1) is 25.6 Å². The molecule has 0 bridgehead atoms. The minimum atomic E-state index is 0.747. The van der Waals surface area contributed by atoms with Gasteiger partial charge in [0.2, 0.25) is 5.13 Å². The van der Waals surface area contributed by atoms with E-state index in [-0.39, 0.29) is 0 Å². The molecule has 0 aliphatic rings. The smallest absolute Gasteiger partial charge is 0.203 e. The number of hydrogen-bond acceptors (Lipinski definition) is 6. The van der Waals surface area contributed by atoms with E-state index in [9.17, 15) is 0 Å². The van der Waals surface area contributed by atoms with Crippen LogP contribution in [0.4, 0.5) is 5.13 Å². The number of hydrogen-bond donors (Lipinski definition) is 1. The molecule has 1 heterocycles. The van der Waals surface area contributed by atoms with Gasteiger partial charge in [0.15, 0.2) is 0 Å². The largest absolute Gasteiger partial charge is 0.497 e. The molecule has 0 saturated heterocycles. The number of nitrogens with zero attached hydrogens (tertiary/aromatic N) is 2. The second-order valence-electron chi connectivity index (χ2n) is 5.91. The SMILES string of the molecule is CCCCOc1ccc(/C=N\Nc2nc(-c3ccc(OC)cc3)cs2)cc1. The quantitative estimate of drug-likeness (QED) is 0.304. The average Bonchev–Trinajstić information content (AvgIpc) is 3.18. The summed E-state index contributed by atoms with van der Waals surface area (Å²) in [6.45, 7) is 2.91. The summed E-state index contributed by atoms with van der Waals surface area (Å²) in [7, 11) is 1.66.